The Kier molecular flexibility index (Phi) is 3.40. The Balaban J connectivity index is 2.33. The van der Waals surface area contributed by atoms with Crippen LogP contribution in [0.15, 0.2) is 29.8 Å². The van der Waals surface area contributed by atoms with Crippen LogP contribution in [0.3, 0.4) is 0 Å². The number of aromatic hydroxyl groups is 1. The highest BCUT2D eigenvalue weighted by Crippen LogP contribution is 2.21. The van der Waals surface area contributed by atoms with Crippen molar-refractivity contribution in [2.24, 2.45) is 0 Å². The molecule has 0 aromatic heterocycles. The lowest BCUT2D eigenvalue weighted by Gasteiger charge is -2.21. The Morgan fingerprint density at radius 2 is 1.84 bits per heavy atom. The smallest absolute Gasteiger partial charge is 0.344 e. The zero-order valence-corrected chi connectivity index (χ0v) is 10.7. The second kappa shape index (κ2) is 4.85. The summed E-state index contributed by atoms with van der Waals surface area (Å²) in [5, 5.41) is 9.18. The van der Waals surface area contributed by atoms with Crippen LogP contribution in [0.4, 0.5) is 0 Å². The van der Waals surface area contributed by atoms with Crippen molar-refractivity contribution in [2.45, 2.75) is 19.6 Å². The fourth-order valence-corrected chi connectivity index (χ4v) is 1.62. The number of phenols is 1. The van der Waals surface area contributed by atoms with Crippen molar-refractivity contribution in [1.82, 2.24) is 0 Å². The van der Waals surface area contributed by atoms with E-state index in [0.29, 0.717) is 5.56 Å². The number of carbonyl (C=O) groups is 2. The first kappa shape index (κ1) is 13.3. The minimum absolute atomic E-state index is 0.0590. The Morgan fingerprint density at radius 3 is 2.47 bits per heavy atom. The summed E-state index contributed by atoms with van der Waals surface area (Å²) < 4.78 is 10.3. The molecule has 0 bridgehead atoms. The summed E-state index contributed by atoms with van der Waals surface area (Å²) in [5.41, 5.74) is 0.564. The van der Waals surface area contributed by atoms with Gasteiger partial charge in [-0.15, -0.1) is 0 Å². The van der Waals surface area contributed by atoms with Crippen LogP contribution >= 0.6 is 0 Å². The first-order valence-electron chi connectivity index (χ1n) is 5.79. The molecule has 1 aliphatic rings. The lowest BCUT2D eigenvalue weighted by molar-refractivity contribution is -0.204. The third kappa shape index (κ3) is 3.20. The molecular weight excluding hydrogens is 248 g/mol. The van der Waals surface area contributed by atoms with E-state index < -0.39 is 17.5 Å². The molecule has 1 heterocycles. The van der Waals surface area contributed by atoms with Crippen molar-refractivity contribution in [3.8, 4) is 5.75 Å². The van der Waals surface area contributed by atoms with Gasteiger partial charge in [0.25, 0.3) is 0 Å². The molecule has 0 spiro atoms. The quantitative estimate of drug-likeness (QED) is 0.473. The Bertz CT molecular complexity index is 539. The van der Waals surface area contributed by atoms with Crippen LogP contribution in [0.1, 0.15) is 19.4 Å². The molecule has 1 aromatic rings. The van der Waals surface area contributed by atoms with Gasteiger partial charge in [-0.1, -0.05) is 12.1 Å². The van der Waals surface area contributed by atoms with Crippen LogP contribution in [-0.2, 0) is 19.1 Å². The molecule has 5 nitrogen and oxygen atoms in total. The van der Waals surface area contributed by atoms with Crippen LogP contribution in [0, 0.1) is 0 Å². The van der Waals surface area contributed by atoms with Gasteiger partial charge in [-0.05, 0) is 23.8 Å². The van der Waals surface area contributed by atoms with E-state index in [-0.39, 0.29) is 17.9 Å². The van der Waals surface area contributed by atoms with Crippen LogP contribution < -0.4 is 0 Å². The summed E-state index contributed by atoms with van der Waals surface area (Å²) in [7, 11) is 0. The van der Waals surface area contributed by atoms with Gasteiger partial charge in [-0.25, -0.2) is 4.79 Å². The molecule has 0 amide bonds. The zero-order valence-electron chi connectivity index (χ0n) is 10.7. The van der Waals surface area contributed by atoms with E-state index in [0.717, 1.165) is 0 Å². The van der Waals surface area contributed by atoms with Crippen molar-refractivity contribution >= 4 is 17.8 Å². The summed E-state index contributed by atoms with van der Waals surface area (Å²) in [4.78, 5) is 23.7. The number of phenolic OH excluding ortho intramolecular Hbond substituents is 1. The maximum atomic E-state index is 11.9. The first-order valence-corrected chi connectivity index (χ1v) is 5.79. The van der Waals surface area contributed by atoms with Gasteiger partial charge in [0, 0.05) is 13.8 Å². The molecule has 0 unspecified atom stereocenters. The van der Waals surface area contributed by atoms with Crippen LogP contribution in [-0.4, -0.2) is 29.3 Å². The van der Waals surface area contributed by atoms with Gasteiger partial charge < -0.3 is 14.6 Å². The monoisotopic (exact) mass is 262 g/mol. The predicted molar refractivity (Wildman–Crippen MR) is 67.2 cm³/mol. The maximum Gasteiger partial charge on any atom is 0.344 e. The molecule has 1 saturated heterocycles. The number of rotatable bonds is 1. The largest absolute Gasteiger partial charge is 0.508 e. The molecular formula is C14H14O5. The number of esters is 1. The van der Waals surface area contributed by atoms with Gasteiger partial charge in [0.2, 0.25) is 5.79 Å². The minimum atomic E-state index is -1.11. The lowest BCUT2D eigenvalue weighted by atomic mass is 10.1. The molecule has 0 atom stereocenters. The van der Waals surface area contributed by atoms with Crippen molar-refractivity contribution in [1.29, 1.82) is 0 Å². The second-order valence-electron chi connectivity index (χ2n) is 4.65. The molecule has 2 rings (SSSR count). The molecule has 0 aliphatic carbocycles. The lowest BCUT2D eigenvalue weighted by Crippen LogP contribution is -2.29. The summed E-state index contributed by atoms with van der Waals surface area (Å²) in [5.74, 6) is -2.14. The predicted octanol–water partition coefficient (Wildman–Crippen LogP) is 1.65. The van der Waals surface area contributed by atoms with Crippen LogP contribution in [0.25, 0.3) is 6.08 Å². The van der Waals surface area contributed by atoms with E-state index in [4.69, 9.17) is 9.47 Å². The van der Waals surface area contributed by atoms with Gasteiger partial charge in [0.15, 0.2) is 5.78 Å². The molecule has 5 heteroatoms. The van der Waals surface area contributed by atoms with Crippen molar-refractivity contribution in [2.75, 3.05) is 6.61 Å². The number of carbonyl (C=O) groups excluding carboxylic acids is 2. The number of ether oxygens (including phenoxy) is 2. The SMILES string of the molecule is CC1(C)OCC(=O)/C(=C/c2ccc(O)cc2)C(=O)O1. The van der Waals surface area contributed by atoms with Gasteiger partial charge in [0.05, 0.1) is 0 Å². The average molecular weight is 262 g/mol. The molecule has 0 saturated carbocycles. The summed E-state index contributed by atoms with van der Waals surface area (Å²) >= 11 is 0. The highest BCUT2D eigenvalue weighted by Gasteiger charge is 2.33. The van der Waals surface area contributed by atoms with E-state index in [2.05, 4.69) is 0 Å². The summed E-state index contributed by atoms with van der Waals surface area (Å²) in [6.45, 7) is 2.94. The van der Waals surface area contributed by atoms with Crippen molar-refractivity contribution < 1.29 is 24.2 Å². The van der Waals surface area contributed by atoms with Gasteiger partial charge in [0.1, 0.15) is 17.9 Å². The highest BCUT2D eigenvalue weighted by atomic mass is 16.7. The number of ketones is 1. The first-order chi connectivity index (χ1) is 8.87. The molecule has 100 valence electrons. The van der Waals surface area contributed by atoms with Crippen molar-refractivity contribution in [3.05, 3.63) is 35.4 Å². The van der Waals surface area contributed by atoms with E-state index in [1.165, 1.54) is 18.2 Å². The third-order valence-electron chi connectivity index (χ3n) is 2.61. The van der Waals surface area contributed by atoms with Crippen molar-refractivity contribution in [3.63, 3.8) is 0 Å². The average Bonchev–Trinajstić information content (AvgIpc) is 2.43. The molecule has 1 fully saturated rings. The van der Waals surface area contributed by atoms with Gasteiger partial charge in [-0.2, -0.15) is 0 Å². The number of Topliss-reactive ketones (excluding diaryl/α,β-unsaturated/α-hetero) is 1. The standard InChI is InChI=1S/C14H14O5/c1-14(2)18-8-12(16)11(13(17)19-14)7-9-3-5-10(15)6-4-9/h3-7,15H,8H2,1-2H3/b11-7-. The summed E-state index contributed by atoms with van der Waals surface area (Å²) in [6, 6.07) is 6.14. The van der Waals surface area contributed by atoms with E-state index in [1.54, 1.807) is 26.0 Å². The second-order valence-corrected chi connectivity index (χ2v) is 4.65. The van der Waals surface area contributed by atoms with E-state index >= 15 is 0 Å². The maximum absolute atomic E-state index is 11.9. The number of hydrogen-bond acceptors (Lipinski definition) is 5. The summed E-state index contributed by atoms with van der Waals surface area (Å²) in [6.07, 6.45) is 1.43. The highest BCUT2D eigenvalue weighted by molar-refractivity contribution is 6.21. The van der Waals surface area contributed by atoms with Crippen LogP contribution in [0.5, 0.6) is 5.75 Å². The van der Waals surface area contributed by atoms with Gasteiger partial charge >= 0.3 is 5.97 Å². The molecule has 1 N–H and O–H groups in total. The fraction of sp³-hybridized carbons (Fsp3) is 0.286. The zero-order chi connectivity index (χ0) is 14.0. The molecule has 19 heavy (non-hydrogen) atoms. The number of hydrogen-bond donors (Lipinski definition) is 1. The van der Waals surface area contributed by atoms with Crippen LogP contribution in [0.2, 0.25) is 0 Å². The Labute approximate surface area is 110 Å². The van der Waals surface area contributed by atoms with Gasteiger partial charge in [-0.3, -0.25) is 4.79 Å². The third-order valence-corrected chi connectivity index (χ3v) is 2.61. The normalized spacial score (nSPS) is 21.1. The topological polar surface area (TPSA) is 72.8 Å². The van der Waals surface area contributed by atoms with E-state index in [9.17, 15) is 14.7 Å². The molecule has 0 radical (unpaired) electrons. The van der Waals surface area contributed by atoms with E-state index in [1.807, 2.05) is 0 Å². The number of cyclic esters (lactones) is 1. The fourth-order valence-electron chi connectivity index (χ4n) is 1.62. The minimum Gasteiger partial charge on any atom is -0.508 e. The Morgan fingerprint density at radius 1 is 1.21 bits per heavy atom. The molecule has 1 aliphatic heterocycles. The number of benzene rings is 1. The Hall–Kier alpha value is -2.14. The molecule has 1 aromatic carbocycles.